The van der Waals surface area contributed by atoms with E-state index < -0.39 is 90.9 Å². The number of unbranched alkanes of at least 4 members (excludes halogenated alkanes) is 7. The topological polar surface area (TPSA) is 165 Å². The second-order valence-electron chi connectivity index (χ2n) is 29.4. The smallest absolute Gasteiger partial charge is 0.261 e. The van der Waals surface area contributed by atoms with Crippen LogP contribution in [0, 0.1) is 5.92 Å². The second-order valence-corrected chi connectivity index (χ2v) is 29.4. The van der Waals surface area contributed by atoms with E-state index in [4.69, 9.17) is 56.8 Å². The molecule has 0 unspecified atom stereocenters. The molecule has 0 aliphatic carbocycles. The molecule has 4 aliphatic heterocycles. The fourth-order valence-electron chi connectivity index (χ4n) is 15.6. The van der Waals surface area contributed by atoms with Gasteiger partial charge in [0.2, 0.25) is 0 Å². The number of ketones is 1. The maximum atomic E-state index is 16.8. The predicted molar refractivity (Wildman–Crippen MR) is 425 cm³/mol. The molecule has 9 aromatic rings. The van der Waals surface area contributed by atoms with Crippen LogP contribution in [0.2, 0.25) is 0 Å². The van der Waals surface area contributed by atoms with Gasteiger partial charge in [-0.3, -0.25) is 19.3 Å². The molecule has 4 heterocycles. The highest BCUT2D eigenvalue weighted by Gasteiger charge is 2.56. The molecule has 16 nitrogen and oxygen atoms in total. The van der Waals surface area contributed by atoms with Gasteiger partial charge in [0.1, 0.15) is 42.4 Å². The van der Waals surface area contributed by atoms with E-state index in [9.17, 15) is 0 Å². The zero-order valence-electron chi connectivity index (χ0n) is 63.8. The highest BCUT2D eigenvalue weighted by Crippen LogP contribution is 2.44. The Hall–Kier alpha value is -9.11. The fourth-order valence-corrected chi connectivity index (χ4v) is 15.6. The van der Waals surface area contributed by atoms with Gasteiger partial charge in [0.15, 0.2) is 5.78 Å². The Bertz CT molecular complexity index is 4240. The molecule has 3 fully saturated rings. The number of carbonyl (C=O) groups excluding carboxylic acids is 3. The van der Waals surface area contributed by atoms with Crippen molar-refractivity contribution in [1.82, 2.24) is 4.90 Å². The van der Waals surface area contributed by atoms with Crippen LogP contribution in [-0.2, 0) is 110 Å². The van der Waals surface area contributed by atoms with Gasteiger partial charge >= 0.3 is 0 Å². The van der Waals surface area contributed by atoms with Gasteiger partial charge in [-0.1, -0.05) is 282 Å². The first-order chi connectivity index (χ1) is 54.7. The van der Waals surface area contributed by atoms with Gasteiger partial charge in [0.05, 0.1) is 121 Å². The first-order valence-corrected chi connectivity index (χ1v) is 39.6. The number of rotatable bonds is 41. The van der Waals surface area contributed by atoms with Gasteiger partial charge in [-0.15, -0.1) is 0 Å². The van der Waals surface area contributed by atoms with Crippen molar-refractivity contribution in [2.75, 3.05) is 26.9 Å². The Labute approximate surface area is 654 Å². The molecule has 0 bridgehead atoms. The number of methoxy groups -OCH3 is 1. The van der Waals surface area contributed by atoms with Crippen LogP contribution in [0.3, 0.4) is 0 Å². The fraction of sp³-hybridized carbons (Fsp3) is 0.379. The van der Waals surface area contributed by atoms with Crippen molar-refractivity contribution in [2.45, 2.75) is 197 Å². The zero-order valence-corrected chi connectivity index (χ0v) is 63.8. The average molecular weight is 1500 g/mol. The van der Waals surface area contributed by atoms with E-state index in [0.717, 1.165) is 102 Å². The van der Waals surface area contributed by atoms with E-state index in [-0.39, 0.29) is 77.2 Å². The average Bonchev–Trinajstić information content (AvgIpc) is 1.68. The van der Waals surface area contributed by atoms with Crippen LogP contribution in [0.15, 0.2) is 273 Å². The van der Waals surface area contributed by atoms with Crippen molar-refractivity contribution < 1.29 is 71.2 Å². The molecule has 9 aromatic carbocycles. The van der Waals surface area contributed by atoms with Crippen molar-refractivity contribution in [2.24, 2.45) is 5.92 Å². The molecule has 13 rings (SSSR count). The summed E-state index contributed by atoms with van der Waals surface area (Å²) in [5.41, 5.74) is 8.53. The van der Waals surface area contributed by atoms with E-state index in [1.807, 2.05) is 250 Å². The first-order valence-electron chi connectivity index (χ1n) is 39.6. The van der Waals surface area contributed by atoms with E-state index in [0.29, 0.717) is 30.8 Å². The van der Waals surface area contributed by atoms with E-state index in [1.165, 1.54) is 4.90 Å². The number of hydrogen-bond donors (Lipinski definition) is 0. The van der Waals surface area contributed by atoms with Gasteiger partial charge in [0, 0.05) is 18.1 Å². The zero-order chi connectivity index (χ0) is 76.2. The molecule has 0 spiro atoms. The molecule has 0 N–H and O–H groups in total. The Balaban J connectivity index is 0.874. The molecule has 16 heteroatoms. The predicted octanol–water partition coefficient (Wildman–Crippen LogP) is 17.6. The van der Waals surface area contributed by atoms with Crippen molar-refractivity contribution in [3.8, 4) is 5.75 Å². The van der Waals surface area contributed by atoms with Gasteiger partial charge in [-0.25, -0.2) is 0 Å². The molecular formula is C95H105NO15. The summed E-state index contributed by atoms with van der Waals surface area (Å²) in [5.74, 6) is -1.10. The summed E-state index contributed by atoms with van der Waals surface area (Å²) in [6.45, 7) is 4.67. The molecule has 0 radical (unpaired) electrons. The number of fused-ring (bicyclic) bond motifs is 1. The minimum absolute atomic E-state index is 0.0288. The lowest BCUT2D eigenvalue weighted by Gasteiger charge is -2.50. The quantitative estimate of drug-likeness (QED) is 0.0202. The van der Waals surface area contributed by atoms with Crippen LogP contribution >= 0.6 is 0 Å². The van der Waals surface area contributed by atoms with Crippen LogP contribution in [-0.4, -0.2) is 123 Å². The van der Waals surface area contributed by atoms with Crippen LogP contribution in [0.5, 0.6) is 5.75 Å². The number of ether oxygens (including phenoxy) is 12. The first kappa shape index (κ1) is 80.0. The Morgan fingerprint density at radius 1 is 0.369 bits per heavy atom. The molecular weight excluding hydrogens is 1400 g/mol. The van der Waals surface area contributed by atoms with Gasteiger partial charge < -0.3 is 56.8 Å². The molecule has 0 saturated carbocycles. The number of amides is 2. The summed E-state index contributed by atoms with van der Waals surface area (Å²) in [7, 11) is 1.67. The van der Waals surface area contributed by atoms with Crippen LogP contribution in [0.25, 0.3) is 0 Å². The Morgan fingerprint density at radius 2 is 0.766 bits per heavy atom. The van der Waals surface area contributed by atoms with Crippen molar-refractivity contribution in [1.29, 1.82) is 0 Å². The summed E-state index contributed by atoms with van der Waals surface area (Å²) < 4.78 is 83.3. The summed E-state index contributed by atoms with van der Waals surface area (Å²) in [6, 6.07) is 83.6. The standard InChI is InChI=1S/C95H105NO15/c1-68-89(104-61-71-38-20-11-21-39-71)93(108-65-75-46-28-15-29-47-75)92(107-64-74-44-26-14-27-45-74)84(109-68)56-80-83(111-86(67-103-60-70-36-18-10-19-37-70)91(88(80)97)106-63-73-42-24-13-25-43-73)57-81-85(66-102-59-69-34-16-9-17-35-69)110-82(50-30-7-5-3-4-6-8-33-55-101-58-76-51-53-77(100-2)54-52-76)87(90(81)105-62-72-40-22-12-23-41-72)96-94(98)78-48-31-32-49-79(78)95(96)99/h9-29,31-32,34-49,51-54,56,68,81-87,89-93H,3-8,30,33,50,55,57-67H2,1-2H3/b80-56-/t68-,81+,82-,83-,84-,85+,86+,87-,89+,90-,91-,92+,93+/m0/s1. The molecule has 3 saturated heterocycles. The lowest BCUT2D eigenvalue weighted by atomic mass is 9.77. The maximum absolute atomic E-state index is 16.8. The third-order valence-corrected chi connectivity index (χ3v) is 21.4. The van der Waals surface area contributed by atoms with Crippen molar-refractivity contribution in [3.63, 3.8) is 0 Å². The summed E-state index contributed by atoms with van der Waals surface area (Å²) >= 11 is 0. The molecule has 2 amide bonds. The van der Waals surface area contributed by atoms with Crippen molar-refractivity contribution >= 4 is 17.6 Å². The number of imide groups is 1. The Kier molecular flexibility index (Phi) is 30.2. The number of carbonyl (C=O) groups is 3. The third-order valence-electron chi connectivity index (χ3n) is 21.4. The maximum Gasteiger partial charge on any atom is 0.261 e. The minimum Gasteiger partial charge on any atom is -0.497 e. The molecule has 13 atom stereocenters. The SMILES string of the molecule is COc1ccc(COCCCCCCCCCC[C@@H]2O[C@H](COCc3ccccc3)[C@@H](C[C@@H]3O[C@H](COCc4ccccc4)[C@H](OCc4ccccc4)C(=O)/C3=C\[C@@H]3O[C@@H](C)[C@@H](OCc4ccccc4)[C@@H](OCc4ccccc4)[C@@H]3OCc3ccccc3)[C@H](OCc3ccccc3)[C@H]2N2C(=O)c3ccccc3C2=O)cc1. The van der Waals surface area contributed by atoms with Gasteiger partial charge in [-0.05, 0) is 101 Å². The highest BCUT2D eigenvalue weighted by molar-refractivity contribution is 6.21. The number of hydrogen-bond acceptors (Lipinski definition) is 15. The number of benzene rings is 9. The summed E-state index contributed by atoms with van der Waals surface area (Å²) in [5, 5.41) is 0. The largest absolute Gasteiger partial charge is 0.497 e. The van der Waals surface area contributed by atoms with Gasteiger partial charge in [-0.2, -0.15) is 0 Å². The second kappa shape index (κ2) is 42.0. The number of Topliss-reactive ketones (excluding diaryl/α,β-unsaturated/α-hetero) is 1. The van der Waals surface area contributed by atoms with E-state index in [2.05, 4.69) is 0 Å². The van der Waals surface area contributed by atoms with E-state index >= 15 is 14.4 Å². The lowest BCUT2D eigenvalue weighted by Crippen LogP contribution is -2.64. The molecule has 111 heavy (non-hydrogen) atoms. The summed E-state index contributed by atoms with van der Waals surface area (Å²) in [4.78, 5) is 49.2. The molecule has 580 valence electrons. The Morgan fingerprint density at radius 3 is 1.25 bits per heavy atom. The normalized spacial score (nSPS) is 23.6. The lowest BCUT2D eigenvalue weighted by molar-refractivity contribution is -0.252. The molecule has 4 aliphatic rings. The van der Waals surface area contributed by atoms with Gasteiger partial charge in [0.25, 0.3) is 11.8 Å². The molecule has 0 aromatic heterocycles. The number of nitrogens with zero attached hydrogens (tertiary/aromatic N) is 1. The van der Waals surface area contributed by atoms with Crippen LogP contribution < -0.4 is 4.74 Å². The third kappa shape index (κ3) is 22.4. The summed E-state index contributed by atoms with van der Waals surface area (Å²) in [6.07, 6.45) is 0.915. The van der Waals surface area contributed by atoms with E-state index in [1.54, 1.807) is 31.4 Å². The van der Waals surface area contributed by atoms with Crippen LogP contribution in [0.4, 0.5) is 0 Å². The van der Waals surface area contributed by atoms with Crippen molar-refractivity contribution in [3.05, 3.63) is 328 Å². The minimum atomic E-state index is -1.19. The monoisotopic (exact) mass is 1500 g/mol. The van der Waals surface area contributed by atoms with Crippen LogP contribution in [0.1, 0.15) is 136 Å². The highest BCUT2D eigenvalue weighted by atomic mass is 16.6.